The molecule has 4 nitrogen and oxygen atoms in total. The SMILES string of the molecule is CN1CCC[C@H](C(=O)N2CCN(c3cccc(C(F)(F)F)c3)CC2)C1. The van der Waals surface area contributed by atoms with Gasteiger partial charge in [0, 0.05) is 38.4 Å². The van der Waals surface area contributed by atoms with Crippen LogP contribution in [-0.4, -0.2) is 62.0 Å². The van der Waals surface area contributed by atoms with Gasteiger partial charge in [0.15, 0.2) is 0 Å². The van der Waals surface area contributed by atoms with E-state index in [4.69, 9.17) is 0 Å². The summed E-state index contributed by atoms with van der Waals surface area (Å²) in [6.07, 6.45) is -2.37. The molecule has 0 spiro atoms. The van der Waals surface area contributed by atoms with Crippen LogP contribution in [0.4, 0.5) is 18.9 Å². The van der Waals surface area contributed by atoms with Gasteiger partial charge in [-0.25, -0.2) is 0 Å². The van der Waals surface area contributed by atoms with Gasteiger partial charge in [0.25, 0.3) is 0 Å². The Morgan fingerprint density at radius 1 is 1.12 bits per heavy atom. The molecule has 2 heterocycles. The van der Waals surface area contributed by atoms with E-state index >= 15 is 0 Å². The van der Waals surface area contributed by atoms with Gasteiger partial charge >= 0.3 is 6.18 Å². The molecule has 0 unspecified atom stereocenters. The first-order chi connectivity index (χ1) is 11.8. The largest absolute Gasteiger partial charge is 0.416 e. The average molecular weight is 355 g/mol. The molecule has 0 aliphatic carbocycles. The van der Waals surface area contributed by atoms with E-state index < -0.39 is 11.7 Å². The van der Waals surface area contributed by atoms with Gasteiger partial charge in [-0.2, -0.15) is 13.2 Å². The number of carbonyl (C=O) groups is 1. The summed E-state index contributed by atoms with van der Waals surface area (Å²) in [4.78, 5) is 18.6. The molecule has 0 radical (unpaired) electrons. The highest BCUT2D eigenvalue weighted by Crippen LogP contribution is 2.32. The van der Waals surface area contributed by atoms with Crippen molar-refractivity contribution in [1.29, 1.82) is 0 Å². The number of benzene rings is 1. The first-order valence-electron chi connectivity index (χ1n) is 8.74. The fourth-order valence-electron chi connectivity index (χ4n) is 3.69. The number of amides is 1. The molecule has 2 aliphatic rings. The van der Waals surface area contributed by atoms with Crippen LogP contribution in [0.1, 0.15) is 18.4 Å². The van der Waals surface area contributed by atoms with E-state index in [-0.39, 0.29) is 11.8 Å². The number of halogens is 3. The Labute approximate surface area is 146 Å². The summed E-state index contributed by atoms with van der Waals surface area (Å²) in [5.41, 5.74) is -0.0620. The number of likely N-dealkylation sites (tertiary alicyclic amines) is 1. The van der Waals surface area contributed by atoms with E-state index in [1.54, 1.807) is 6.07 Å². The zero-order valence-corrected chi connectivity index (χ0v) is 14.4. The van der Waals surface area contributed by atoms with Crippen LogP contribution in [0.25, 0.3) is 0 Å². The second-order valence-electron chi connectivity index (χ2n) is 6.96. The maximum Gasteiger partial charge on any atom is 0.416 e. The van der Waals surface area contributed by atoms with Gasteiger partial charge in [-0.15, -0.1) is 0 Å². The van der Waals surface area contributed by atoms with Gasteiger partial charge in [-0.05, 0) is 44.6 Å². The second-order valence-corrected chi connectivity index (χ2v) is 6.96. The van der Waals surface area contributed by atoms with Crippen molar-refractivity contribution in [3.63, 3.8) is 0 Å². The van der Waals surface area contributed by atoms with Crippen molar-refractivity contribution < 1.29 is 18.0 Å². The molecule has 1 atom stereocenters. The van der Waals surface area contributed by atoms with E-state index in [0.29, 0.717) is 31.9 Å². The molecule has 138 valence electrons. The van der Waals surface area contributed by atoms with Crippen molar-refractivity contribution >= 4 is 11.6 Å². The van der Waals surface area contributed by atoms with Gasteiger partial charge in [0.2, 0.25) is 5.91 Å². The second kappa shape index (κ2) is 7.23. The zero-order valence-electron chi connectivity index (χ0n) is 14.4. The minimum atomic E-state index is -4.33. The molecule has 25 heavy (non-hydrogen) atoms. The Hall–Kier alpha value is -1.76. The van der Waals surface area contributed by atoms with E-state index in [2.05, 4.69) is 4.90 Å². The predicted molar refractivity (Wildman–Crippen MR) is 90.5 cm³/mol. The Balaban J connectivity index is 1.59. The van der Waals surface area contributed by atoms with Crippen molar-refractivity contribution in [2.24, 2.45) is 5.92 Å². The third-order valence-corrected chi connectivity index (χ3v) is 5.10. The summed E-state index contributed by atoms with van der Waals surface area (Å²) in [7, 11) is 2.03. The molecule has 0 N–H and O–H groups in total. The van der Waals surface area contributed by atoms with Crippen LogP contribution in [0.2, 0.25) is 0 Å². The molecule has 0 aromatic heterocycles. The quantitative estimate of drug-likeness (QED) is 0.816. The zero-order chi connectivity index (χ0) is 18.0. The van der Waals surface area contributed by atoms with E-state index in [0.717, 1.165) is 32.0 Å². The number of piperidine rings is 1. The monoisotopic (exact) mass is 355 g/mol. The third kappa shape index (κ3) is 4.26. The van der Waals surface area contributed by atoms with E-state index in [1.807, 2.05) is 16.8 Å². The lowest BCUT2D eigenvalue weighted by Crippen LogP contribution is -2.52. The molecule has 2 fully saturated rings. The topological polar surface area (TPSA) is 26.8 Å². The van der Waals surface area contributed by atoms with Gasteiger partial charge in [-0.1, -0.05) is 6.07 Å². The van der Waals surface area contributed by atoms with E-state index in [9.17, 15) is 18.0 Å². The average Bonchev–Trinajstić information content (AvgIpc) is 2.61. The minimum absolute atomic E-state index is 0.0545. The molecule has 1 amide bonds. The van der Waals surface area contributed by atoms with Gasteiger partial charge in [-0.3, -0.25) is 4.79 Å². The Bertz CT molecular complexity index is 612. The highest BCUT2D eigenvalue weighted by molar-refractivity contribution is 5.79. The number of alkyl halides is 3. The van der Waals surface area contributed by atoms with Crippen molar-refractivity contribution in [3.8, 4) is 0 Å². The molecule has 0 bridgehead atoms. The lowest BCUT2D eigenvalue weighted by molar-refractivity contribution is -0.138. The van der Waals surface area contributed by atoms with Gasteiger partial charge in [0.05, 0.1) is 11.5 Å². The van der Waals surface area contributed by atoms with Crippen LogP contribution in [0.15, 0.2) is 24.3 Å². The summed E-state index contributed by atoms with van der Waals surface area (Å²) in [5, 5.41) is 0. The Kier molecular flexibility index (Phi) is 5.22. The lowest BCUT2D eigenvalue weighted by atomic mass is 9.96. The Morgan fingerprint density at radius 2 is 1.84 bits per heavy atom. The summed E-state index contributed by atoms with van der Waals surface area (Å²) in [6, 6.07) is 5.41. The summed E-state index contributed by atoms with van der Waals surface area (Å²) < 4.78 is 38.6. The molecule has 3 rings (SSSR count). The van der Waals surface area contributed by atoms with E-state index in [1.165, 1.54) is 12.1 Å². The number of hydrogen-bond donors (Lipinski definition) is 0. The number of hydrogen-bond acceptors (Lipinski definition) is 3. The van der Waals surface area contributed by atoms with Crippen LogP contribution in [-0.2, 0) is 11.0 Å². The van der Waals surface area contributed by atoms with Crippen molar-refractivity contribution in [2.45, 2.75) is 19.0 Å². The smallest absolute Gasteiger partial charge is 0.368 e. The fourth-order valence-corrected chi connectivity index (χ4v) is 3.69. The lowest BCUT2D eigenvalue weighted by Gasteiger charge is -2.39. The normalized spacial score (nSPS) is 23.0. The molecule has 0 saturated carbocycles. The number of anilines is 1. The van der Waals surface area contributed by atoms with Crippen LogP contribution in [0.3, 0.4) is 0 Å². The highest BCUT2D eigenvalue weighted by Gasteiger charge is 2.32. The third-order valence-electron chi connectivity index (χ3n) is 5.10. The van der Waals surface area contributed by atoms with Crippen molar-refractivity contribution in [2.75, 3.05) is 51.2 Å². The van der Waals surface area contributed by atoms with Crippen molar-refractivity contribution in [3.05, 3.63) is 29.8 Å². The first kappa shape index (κ1) is 18.0. The molecule has 2 saturated heterocycles. The molecular formula is C18H24F3N3O. The molecular weight excluding hydrogens is 331 g/mol. The summed E-state index contributed by atoms with van der Waals surface area (Å²) in [6.45, 7) is 4.09. The maximum absolute atomic E-state index is 12.9. The van der Waals surface area contributed by atoms with Gasteiger partial charge in [0.1, 0.15) is 0 Å². The predicted octanol–water partition coefficient (Wildman–Crippen LogP) is 2.70. The van der Waals surface area contributed by atoms with Gasteiger partial charge < -0.3 is 14.7 Å². The van der Waals surface area contributed by atoms with Crippen molar-refractivity contribution in [1.82, 2.24) is 9.80 Å². The van der Waals surface area contributed by atoms with Crippen LogP contribution in [0, 0.1) is 5.92 Å². The van der Waals surface area contributed by atoms with Crippen LogP contribution < -0.4 is 4.90 Å². The number of piperazine rings is 1. The molecule has 1 aromatic carbocycles. The molecule has 1 aromatic rings. The van der Waals surface area contributed by atoms with Crippen LogP contribution >= 0.6 is 0 Å². The molecule has 2 aliphatic heterocycles. The summed E-state index contributed by atoms with van der Waals surface area (Å²) >= 11 is 0. The fraction of sp³-hybridized carbons (Fsp3) is 0.611. The first-order valence-corrected chi connectivity index (χ1v) is 8.74. The molecule has 7 heteroatoms. The highest BCUT2D eigenvalue weighted by atomic mass is 19.4. The van der Waals surface area contributed by atoms with Crippen LogP contribution in [0.5, 0.6) is 0 Å². The standard InChI is InChI=1S/C18H24F3N3O/c1-22-7-3-4-14(13-22)17(25)24-10-8-23(9-11-24)16-6-2-5-15(12-16)18(19,20)21/h2,5-6,12,14H,3-4,7-11,13H2,1H3/t14-/m0/s1. The minimum Gasteiger partial charge on any atom is -0.368 e. The number of carbonyl (C=O) groups excluding carboxylic acids is 1. The number of rotatable bonds is 2. The maximum atomic E-state index is 12.9. The number of nitrogens with zero attached hydrogens (tertiary/aromatic N) is 3. The summed E-state index contributed by atoms with van der Waals surface area (Å²) in [5.74, 6) is 0.245. The Morgan fingerprint density at radius 3 is 2.48 bits per heavy atom.